The van der Waals surface area contributed by atoms with Crippen LogP contribution in [0.25, 0.3) is 21.9 Å². The highest BCUT2D eigenvalue weighted by Crippen LogP contribution is 2.57. The second kappa shape index (κ2) is 14.3. The van der Waals surface area contributed by atoms with Gasteiger partial charge in [-0.1, -0.05) is 161 Å². The molecule has 0 N–H and O–H groups in total. The van der Waals surface area contributed by atoms with Gasteiger partial charge < -0.3 is 14.2 Å². The van der Waals surface area contributed by atoms with Crippen molar-refractivity contribution in [3.63, 3.8) is 0 Å². The maximum atomic E-state index is 7.06. The van der Waals surface area contributed by atoms with E-state index < -0.39 is 0 Å². The maximum absolute atomic E-state index is 7.06. The quantitative estimate of drug-likeness (QED) is 0.161. The van der Waals surface area contributed by atoms with Gasteiger partial charge in [0.2, 0.25) is 0 Å². The van der Waals surface area contributed by atoms with E-state index in [2.05, 4.69) is 225 Å². The van der Waals surface area contributed by atoms with Gasteiger partial charge in [0, 0.05) is 44.8 Å². The van der Waals surface area contributed by atoms with E-state index in [0.717, 1.165) is 17.6 Å². The van der Waals surface area contributed by atoms with Crippen molar-refractivity contribution < 1.29 is 4.42 Å². The first-order valence-electron chi connectivity index (χ1n) is 27.2. The number of para-hydroxylation sites is 1. The Kier molecular flexibility index (Phi) is 9.43. The minimum absolute atomic E-state index is 0.0124. The molecule has 3 aliphatic carbocycles. The van der Waals surface area contributed by atoms with Crippen molar-refractivity contribution in [3.8, 4) is 0 Å². The first-order chi connectivity index (χ1) is 32.9. The standard InChI is InChI=1S/C67H79BN2O/c1-60(2,3)39-31-54-58-55(32-39)70(51-26-24-42-41-21-19-20-22-56(41)71-59(42)57(51)61(4,5)6)53-37-48-46(66(15,16)38-67(48,17)18)35-50(53)68(58)49-34-45-47(65(13,14)30-29-64(45,11)12)36-52(49)69(54)40-23-25-43-44(33-40)63(9,10)28-27-62(43,7)8/h19-26,31-37H,27-30,38H2,1-18H3. The Morgan fingerprint density at radius 3 is 1.51 bits per heavy atom. The van der Waals surface area contributed by atoms with Gasteiger partial charge in [-0.25, -0.2) is 0 Å². The van der Waals surface area contributed by atoms with Crippen LogP contribution in [0.5, 0.6) is 0 Å². The van der Waals surface area contributed by atoms with Gasteiger partial charge in [-0.05, 0) is 185 Å². The number of furan rings is 1. The molecule has 71 heavy (non-hydrogen) atoms. The average Bonchev–Trinajstić information content (AvgIpc) is 3.74. The van der Waals surface area contributed by atoms with Crippen LogP contribution in [0.2, 0.25) is 0 Å². The highest BCUT2D eigenvalue weighted by atomic mass is 16.3. The maximum Gasteiger partial charge on any atom is 0.252 e. The van der Waals surface area contributed by atoms with Gasteiger partial charge >= 0.3 is 0 Å². The van der Waals surface area contributed by atoms with Crippen molar-refractivity contribution >= 4 is 79.2 Å². The SMILES string of the molecule is CC(C)(C)c1cc2c3c(c1)N(c1ccc4c(oc5ccccc54)c1C(C)(C)C)c1cc4c(cc1B3c1cc3c(cc1N2c1ccc2c(c1)C(C)(C)CCC2(C)C)C(C)(C)CCC3(C)C)C(C)(C)CC4(C)C. The second-order valence-electron chi connectivity index (χ2n) is 29.1. The van der Waals surface area contributed by atoms with Crippen LogP contribution in [-0.4, -0.2) is 6.71 Å². The van der Waals surface area contributed by atoms with Gasteiger partial charge in [-0.15, -0.1) is 0 Å². The molecule has 12 rings (SSSR count). The Balaban J connectivity index is 1.26. The summed E-state index contributed by atoms with van der Waals surface area (Å²) in [5.74, 6) is 0. The Labute approximate surface area is 426 Å². The lowest BCUT2D eigenvalue weighted by Crippen LogP contribution is -2.62. The summed E-state index contributed by atoms with van der Waals surface area (Å²) in [4.78, 5) is 5.47. The Morgan fingerprint density at radius 1 is 0.437 bits per heavy atom. The molecule has 7 aromatic rings. The summed E-state index contributed by atoms with van der Waals surface area (Å²) >= 11 is 0. The lowest BCUT2D eigenvalue weighted by Gasteiger charge is -2.49. The number of anilines is 6. The second-order valence-corrected chi connectivity index (χ2v) is 29.1. The van der Waals surface area contributed by atoms with Gasteiger partial charge in [-0.2, -0.15) is 0 Å². The number of nitrogens with zero attached hydrogens (tertiary/aromatic N) is 2. The smallest absolute Gasteiger partial charge is 0.252 e. The summed E-state index contributed by atoms with van der Waals surface area (Å²) in [6.07, 6.45) is 5.83. The van der Waals surface area contributed by atoms with Crippen molar-refractivity contribution in [2.45, 2.75) is 200 Å². The molecule has 0 radical (unpaired) electrons. The van der Waals surface area contributed by atoms with Crippen LogP contribution < -0.4 is 26.2 Å². The molecule has 0 saturated heterocycles. The summed E-state index contributed by atoms with van der Waals surface area (Å²) in [5, 5.41) is 2.35. The summed E-state index contributed by atoms with van der Waals surface area (Å²) in [6, 6.07) is 37.0. The van der Waals surface area contributed by atoms with E-state index >= 15 is 0 Å². The molecule has 2 aliphatic heterocycles. The molecule has 0 unspecified atom stereocenters. The van der Waals surface area contributed by atoms with Gasteiger partial charge in [-0.3, -0.25) is 0 Å². The van der Waals surface area contributed by atoms with Crippen LogP contribution in [0.1, 0.15) is 201 Å². The Hall–Kier alpha value is -5.22. The zero-order chi connectivity index (χ0) is 50.7. The molecule has 0 saturated carbocycles. The first kappa shape index (κ1) is 46.8. The molecule has 1 aromatic heterocycles. The third-order valence-electron chi connectivity index (χ3n) is 19.0. The number of benzene rings is 6. The van der Waals surface area contributed by atoms with Crippen molar-refractivity contribution in [2.75, 3.05) is 9.80 Å². The van der Waals surface area contributed by atoms with Crippen molar-refractivity contribution in [3.05, 3.63) is 136 Å². The highest BCUT2D eigenvalue weighted by molar-refractivity contribution is 7.00. The molecule has 0 amide bonds. The number of hydrogen-bond donors (Lipinski definition) is 0. The van der Waals surface area contributed by atoms with E-state index in [4.69, 9.17) is 4.42 Å². The van der Waals surface area contributed by atoms with Crippen LogP contribution in [-0.2, 0) is 43.3 Å². The fourth-order valence-corrected chi connectivity index (χ4v) is 14.9. The largest absolute Gasteiger partial charge is 0.456 e. The average molecular weight is 939 g/mol. The lowest BCUT2D eigenvalue weighted by molar-refractivity contribution is 0.332. The molecule has 0 bridgehead atoms. The van der Waals surface area contributed by atoms with Gasteiger partial charge in [0.25, 0.3) is 6.71 Å². The fourth-order valence-electron chi connectivity index (χ4n) is 14.9. The van der Waals surface area contributed by atoms with Crippen molar-refractivity contribution in [1.29, 1.82) is 0 Å². The molecule has 0 spiro atoms. The molecule has 5 aliphatic rings. The Bertz CT molecular complexity index is 3450. The summed E-state index contributed by atoms with van der Waals surface area (Å²) in [6.45, 7) is 44.2. The topological polar surface area (TPSA) is 19.6 Å². The van der Waals surface area contributed by atoms with E-state index in [-0.39, 0.29) is 50.0 Å². The van der Waals surface area contributed by atoms with E-state index in [1.165, 1.54) is 131 Å². The van der Waals surface area contributed by atoms with Crippen LogP contribution >= 0.6 is 0 Å². The molecule has 0 fully saturated rings. The summed E-state index contributed by atoms with van der Waals surface area (Å²) < 4.78 is 7.06. The van der Waals surface area contributed by atoms with E-state index in [1.807, 2.05) is 0 Å². The third kappa shape index (κ3) is 6.66. The number of hydrogen-bond acceptors (Lipinski definition) is 3. The predicted octanol–water partition coefficient (Wildman–Crippen LogP) is 16.9. The predicted molar refractivity (Wildman–Crippen MR) is 306 cm³/mol. The van der Waals surface area contributed by atoms with Gasteiger partial charge in [0.15, 0.2) is 0 Å². The normalized spacial score (nSPS) is 20.6. The number of rotatable bonds is 2. The van der Waals surface area contributed by atoms with Crippen molar-refractivity contribution in [1.82, 2.24) is 0 Å². The number of fused-ring (bicyclic) bond motifs is 10. The van der Waals surface area contributed by atoms with Crippen LogP contribution in [0.4, 0.5) is 34.1 Å². The zero-order valence-electron chi connectivity index (χ0n) is 46.6. The zero-order valence-corrected chi connectivity index (χ0v) is 46.6. The molecular formula is C67H79BN2O. The van der Waals surface area contributed by atoms with E-state index in [9.17, 15) is 0 Å². The lowest BCUT2D eigenvalue weighted by atomic mass is 9.32. The molecule has 3 nitrogen and oxygen atoms in total. The van der Waals surface area contributed by atoms with Gasteiger partial charge in [0.1, 0.15) is 11.2 Å². The van der Waals surface area contributed by atoms with E-state index in [1.54, 1.807) is 0 Å². The highest BCUT2D eigenvalue weighted by Gasteiger charge is 2.51. The minimum Gasteiger partial charge on any atom is -0.456 e. The molecule has 6 aromatic carbocycles. The molecule has 3 heterocycles. The van der Waals surface area contributed by atoms with Crippen LogP contribution in [0, 0.1) is 0 Å². The van der Waals surface area contributed by atoms with Gasteiger partial charge in [0.05, 0.1) is 5.69 Å². The summed E-state index contributed by atoms with van der Waals surface area (Å²) in [7, 11) is 0. The third-order valence-corrected chi connectivity index (χ3v) is 19.0. The van der Waals surface area contributed by atoms with Crippen molar-refractivity contribution in [2.24, 2.45) is 0 Å². The molecular weight excluding hydrogens is 860 g/mol. The molecule has 366 valence electrons. The molecule has 0 atom stereocenters. The fraction of sp³-hybridized carbons (Fsp3) is 0.463. The van der Waals surface area contributed by atoms with Crippen LogP contribution in [0.3, 0.4) is 0 Å². The summed E-state index contributed by atoms with van der Waals surface area (Å²) in [5.41, 5.74) is 25.4. The van der Waals surface area contributed by atoms with E-state index in [0.29, 0.717) is 0 Å². The first-order valence-corrected chi connectivity index (χ1v) is 27.2. The monoisotopic (exact) mass is 939 g/mol. The molecule has 4 heteroatoms. The minimum atomic E-state index is -0.251. The van der Waals surface area contributed by atoms with Crippen LogP contribution in [0.15, 0.2) is 95.4 Å². The Morgan fingerprint density at radius 2 is 0.930 bits per heavy atom.